The Morgan fingerprint density at radius 1 is 1.38 bits per heavy atom. The van der Waals surface area contributed by atoms with Gasteiger partial charge in [-0.3, -0.25) is 0 Å². The number of aryl methyl sites for hydroxylation is 1. The Bertz CT molecular complexity index is 286. The lowest BCUT2D eigenvalue weighted by Gasteiger charge is -2.09. The van der Waals surface area contributed by atoms with E-state index in [1.165, 1.54) is 0 Å². The smallest absolute Gasteiger partial charge is 0.129 e. The zero-order chi connectivity index (χ0) is 9.84. The molecule has 1 rings (SSSR count). The van der Waals surface area contributed by atoms with Crippen molar-refractivity contribution in [2.75, 3.05) is 0 Å². The number of halogens is 1. The molecule has 0 aliphatic rings. The Morgan fingerprint density at radius 3 is 2.62 bits per heavy atom. The van der Waals surface area contributed by atoms with Gasteiger partial charge in [0.2, 0.25) is 0 Å². The van der Waals surface area contributed by atoms with Crippen LogP contribution in [-0.4, -0.2) is 9.97 Å². The molecule has 1 unspecified atom stereocenters. The van der Waals surface area contributed by atoms with E-state index in [0.29, 0.717) is 5.92 Å². The van der Waals surface area contributed by atoms with Crippen LogP contribution in [0.2, 0.25) is 0 Å². The summed E-state index contributed by atoms with van der Waals surface area (Å²) < 4.78 is 0.898. The highest BCUT2D eigenvalue weighted by Crippen LogP contribution is 2.19. The van der Waals surface area contributed by atoms with Crippen LogP contribution in [0, 0.1) is 0 Å². The standard InChI is InChI=1S/C10H15BrN2/c1-4-7(3)8-6-9(11)13-10(5-2)12-8/h6-7H,4-5H2,1-3H3. The zero-order valence-electron chi connectivity index (χ0n) is 8.34. The second-order valence-corrected chi connectivity index (χ2v) is 4.01. The van der Waals surface area contributed by atoms with E-state index in [-0.39, 0.29) is 0 Å². The molecule has 0 spiro atoms. The molecule has 1 atom stereocenters. The molecule has 0 aliphatic carbocycles. The fourth-order valence-electron chi connectivity index (χ4n) is 1.10. The Kier molecular flexibility index (Phi) is 3.85. The van der Waals surface area contributed by atoms with E-state index >= 15 is 0 Å². The molecule has 0 N–H and O–H groups in total. The molecule has 0 amide bonds. The van der Waals surface area contributed by atoms with Crippen molar-refractivity contribution in [3.05, 3.63) is 22.2 Å². The molecule has 0 radical (unpaired) electrons. The van der Waals surface area contributed by atoms with E-state index in [9.17, 15) is 0 Å². The summed E-state index contributed by atoms with van der Waals surface area (Å²) in [6, 6.07) is 2.01. The second-order valence-electron chi connectivity index (χ2n) is 3.19. The molecule has 0 bridgehead atoms. The van der Waals surface area contributed by atoms with E-state index < -0.39 is 0 Å². The molecule has 0 saturated carbocycles. The lowest BCUT2D eigenvalue weighted by molar-refractivity contribution is 0.692. The van der Waals surface area contributed by atoms with E-state index in [1.807, 2.05) is 6.07 Å². The number of hydrogen-bond donors (Lipinski definition) is 0. The van der Waals surface area contributed by atoms with Crippen LogP contribution in [-0.2, 0) is 6.42 Å². The van der Waals surface area contributed by atoms with Gasteiger partial charge in [-0.25, -0.2) is 9.97 Å². The van der Waals surface area contributed by atoms with Gasteiger partial charge in [0, 0.05) is 12.1 Å². The average molecular weight is 243 g/mol. The van der Waals surface area contributed by atoms with E-state index in [4.69, 9.17) is 0 Å². The van der Waals surface area contributed by atoms with Crippen LogP contribution >= 0.6 is 15.9 Å². The maximum absolute atomic E-state index is 4.48. The topological polar surface area (TPSA) is 25.8 Å². The molecule has 0 aliphatic heterocycles. The molecule has 1 heterocycles. The lowest BCUT2D eigenvalue weighted by Crippen LogP contribution is -2.01. The summed E-state index contributed by atoms with van der Waals surface area (Å²) in [5, 5.41) is 0. The second kappa shape index (κ2) is 4.70. The van der Waals surface area contributed by atoms with Crippen LogP contribution in [0.5, 0.6) is 0 Å². The fourth-order valence-corrected chi connectivity index (χ4v) is 1.54. The molecule has 1 aromatic heterocycles. The molecule has 3 heteroatoms. The molecular formula is C10H15BrN2. The van der Waals surface area contributed by atoms with E-state index in [2.05, 4.69) is 46.7 Å². The number of aromatic nitrogens is 2. The highest BCUT2D eigenvalue weighted by molar-refractivity contribution is 9.10. The van der Waals surface area contributed by atoms with Crippen LogP contribution in [0.3, 0.4) is 0 Å². The van der Waals surface area contributed by atoms with Gasteiger partial charge in [-0.2, -0.15) is 0 Å². The van der Waals surface area contributed by atoms with Crippen molar-refractivity contribution in [2.45, 2.75) is 39.5 Å². The van der Waals surface area contributed by atoms with Gasteiger partial charge in [-0.05, 0) is 34.3 Å². The number of rotatable bonds is 3. The fraction of sp³-hybridized carbons (Fsp3) is 0.600. The van der Waals surface area contributed by atoms with E-state index in [0.717, 1.165) is 29.0 Å². The summed E-state index contributed by atoms with van der Waals surface area (Å²) in [5.41, 5.74) is 1.14. The van der Waals surface area contributed by atoms with Crippen LogP contribution in [0.1, 0.15) is 44.6 Å². The molecule has 0 saturated heterocycles. The van der Waals surface area contributed by atoms with Crippen molar-refractivity contribution >= 4 is 15.9 Å². The van der Waals surface area contributed by atoms with Crippen LogP contribution in [0.25, 0.3) is 0 Å². The van der Waals surface area contributed by atoms with Crippen LogP contribution in [0.15, 0.2) is 10.7 Å². The summed E-state index contributed by atoms with van der Waals surface area (Å²) in [7, 11) is 0. The first-order chi connectivity index (χ1) is 6.17. The summed E-state index contributed by atoms with van der Waals surface area (Å²) in [6.07, 6.45) is 2.01. The molecule has 0 fully saturated rings. The van der Waals surface area contributed by atoms with E-state index in [1.54, 1.807) is 0 Å². The van der Waals surface area contributed by atoms with Crippen LogP contribution < -0.4 is 0 Å². The monoisotopic (exact) mass is 242 g/mol. The summed E-state index contributed by atoms with van der Waals surface area (Å²) in [5.74, 6) is 1.44. The maximum Gasteiger partial charge on any atom is 0.129 e. The zero-order valence-corrected chi connectivity index (χ0v) is 9.93. The van der Waals surface area contributed by atoms with Gasteiger partial charge in [0.05, 0.1) is 0 Å². The highest BCUT2D eigenvalue weighted by atomic mass is 79.9. The number of nitrogens with zero attached hydrogens (tertiary/aromatic N) is 2. The third kappa shape index (κ3) is 2.76. The highest BCUT2D eigenvalue weighted by Gasteiger charge is 2.07. The Hall–Kier alpha value is -0.440. The van der Waals surface area contributed by atoms with Crippen molar-refractivity contribution in [1.29, 1.82) is 0 Å². The molecule has 0 aromatic carbocycles. The Balaban J connectivity index is 3.01. The first-order valence-electron chi connectivity index (χ1n) is 4.70. The molecule has 2 nitrogen and oxygen atoms in total. The van der Waals surface area contributed by atoms with Gasteiger partial charge < -0.3 is 0 Å². The van der Waals surface area contributed by atoms with Gasteiger partial charge in [-0.15, -0.1) is 0 Å². The largest absolute Gasteiger partial charge is 0.238 e. The van der Waals surface area contributed by atoms with Crippen molar-refractivity contribution in [3.63, 3.8) is 0 Å². The molecule has 13 heavy (non-hydrogen) atoms. The maximum atomic E-state index is 4.48. The van der Waals surface area contributed by atoms with Gasteiger partial charge in [-0.1, -0.05) is 20.8 Å². The predicted molar refractivity (Wildman–Crippen MR) is 57.8 cm³/mol. The SMILES string of the molecule is CCc1nc(Br)cc(C(C)CC)n1. The predicted octanol–water partition coefficient (Wildman–Crippen LogP) is 3.32. The van der Waals surface area contributed by atoms with Gasteiger partial charge in [0.15, 0.2) is 0 Å². The van der Waals surface area contributed by atoms with Crippen LogP contribution in [0.4, 0.5) is 0 Å². The van der Waals surface area contributed by atoms with Gasteiger partial charge in [0.1, 0.15) is 10.4 Å². The first-order valence-corrected chi connectivity index (χ1v) is 5.50. The first kappa shape index (κ1) is 10.6. The van der Waals surface area contributed by atoms with Gasteiger partial charge in [0.25, 0.3) is 0 Å². The van der Waals surface area contributed by atoms with Crippen molar-refractivity contribution in [2.24, 2.45) is 0 Å². The minimum Gasteiger partial charge on any atom is -0.238 e. The normalized spacial score (nSPS) is 12.9. The minimum absolute atomic E-state index is 0.518. The third-order valence-electron chi connectivity index (χ3n) is 2.19. The Morgan fingerprint density at radius 2 is 2.08 bits per heavy atom. The Labute approximate surface area is 87.9 Å². The van der Waals surface area contributed by atoms with Gasteiger partial charge >= 0.3 is 0 Å². The molecule has 1 aromatic rings. The van der Waals surface area contributed by atoms with Crippen molar-refractivity contribution < 1.29 is 0 Å². The summed E-state index contributed by atoms with van der Waals surface area (Å²) in [6.45, 7) is 6.43. The van der Waals surface area contributed by atoms with Crippen molar-refractivity contribution in [1.82, 2.24) is 9.97 Å². The van der Waals surface area contributed by atoms with Crippen molar-refractivity contribution in [3.8, 4) is 0 Å². The molecular weight excluding hydrogens is 228 g/mol. The summed E-state index contributed by atoms with van der Waals surface area (Å²) >= 11 is 3.40. The summed E-state index contributed by atoms with van der Waals surface area (Å²) in [4.78, 5) is 8.76. The number of hydrogen-bond acceptors (Lipinski definition) is 2. The average Bonchev–Trinajstić information content (AvgIpc) is 2.15. The minimum atomic E-state index is 0.518. The third-order valence-corrected chi connectivity index (χ3v) is 2.60. The quantitative estimate of drug-likeness (QED) is 0.761. The molecule has 72 valence electrons. The lowest BCUT2D eigenvalue weighted by atomic mass is 10.1.